The highest BCUT2D eigenvalue weighted by molar-refractivity contribution is 9.09. The van der Waals surface area contributed by atoms with E-state index in [9.17, 15) is 10.1 Å². The Kier molecular flexibility index (Phi) is 7.20. The maximum Gasteiger partial charge on any atom is 0.288 e. The number of hydrogen-bond donors (Lipinski definition) is 1. The molecule has 2 aromatic carbocycles. The molecule has 6 atom stereocenters. The van der Waals surface area contributed by atoms with E-state index in [2.05, 4.69) is 21.2 Å². The van der Waals surface area contributed by atoms with Crippen molar-refractivity contribution >= 4 is 21.6 Å². The topological polar surface area (TPSA) is 101 Å². The van der Waals surface area contributed by atoms with Crippen LogP contribution in [-0.4, -0.2) is 53.4 Å². The standard InChI is InChI=1S/C23H27BrN2O7/c1-23(2)32-20-19(30-13-14-7-5-4-6-8-14)18(31-22(20)33-23)17(21(24)26(27)28)25-15-9-11-16(29-3)12-10-15/h4-12,17-22,25H,13H2,1-3H3/t17-,18+,19-,20+,21-,22+/m0/s1. The van der Waals surface area contributed by atoms with Crippen LogP contribution in [0.25, 0.3) is 0 Å². The van der Waals surface area contributed by atoms with Crippen LogP contribution in [0.3, 0.4) is 0 Å². The van der Waals surface area contributed by atoms with Gasteiger partial charge in [-0.05, 0) is 59.6 Å². The van der Waals surface area contributed by atoms with Crippen LogP contribution in [0.2, 0.25) is 0 Å². The summed E-state index contributed by atoms with van der Waals surface area (Å²) in [5.74, 6) is -0.161. The minimum atomic E-state index is -1.15. The average molecular weight is 523 g/mol. The molecule has 2 fully saturated rings. The van der Waals surface area contributed by atoms with Crippen molar-refractivity contribution in [2.24, 2.45) is 0 Å². The van der Waals surface area contributed by atoms with Crippen LogP contribution in [0.4, 0.5) is 5.69 Å². The number of fused-ring (bicyclic) bond motifs is 1. The summed E-state index contributed by atoms with van der Waals surface area (Å²) in [6, 6.07) is 16.0. The number of nitrogens with one attached hydrogen (secondary N) is 1. The number of ether oxygens (including phenoxy) is 5. The Balaban J connectivity index is 1.60. The second-order valence-electron chi connectivity index (χ2n) is 8.39. The zero-order valence-electron chi connectivity index (χ0n) is 18.6. The highest BCUT2D eigenvalue weighted by Gasteiger charge is 2.59. The van der Waals surface area contributed by atoms with Crippen molar-refractivity contribution < 1.29 is 28.6 Å². The predicted molar refractivity (Wildman–Crippen MR) is 124 cm³/mol. The van der Waals surface area contributed by atoms with Crippen LogP contribution in [0.1, 0.15) is 19.4 Å². The highest BCUT2D eigenvalue weighted by Crippen LogP contribution is 2.41. The average Bonchev–Trinajstić information content (AvgIpc) is 3.28. The molecule has 0 bridgehead atoms. The molecule has 1 N–H and O–H groups in total. The number of hydrogen-bond acceptors (Lipinski definition) is 8. The number of nitro groups is 1. The van der Waals surface area contributed by atoms with Crippen molar-refractivity contribution in [3.63, 3.8) is 0 Å². The zero-order valence-corrected chi connectivity index (χ0v) is 20.1. The molecule has 10 heteroatoms. The van der Waals surface area contributed by atoms with E-state index in [1.807, 2.05) is 30.3 Å². The molecule has 33 heavy (non-hydrogen) atoms. The summed E-state index contributed by atoms with van der Waals surface area (Å²) in [6.45, 7) is 3.91. The van der Waals surface area contributed by atoms with Crippen LogP contribution >= 0.6 is 15.9 Å². The lowest BCUT2D eigenvalue weighted by Crippen LogP contribution is -2.51. The van der Waals surface area contributed by atoms with Crippen LogP contribution in [0, 0.1) is 10.1 Å². The molecule has 0 spiro atoms. The Morgan fingerprint density at radius 2 is 1.85 bits per heavy atom. The third-order valence-electron chi connectivity index (χ3n) is 5.59. The molecule has 2 saturated heterocycles. The van der Waals surface area contributed by atoms with Gasteiger partial charge in [-0.2, -0.15) is 0 Å². The molecule has 2 aromatic rings. The SMILES string of the molecule is COc1ccc(N[C@@H]([C@H]2O[C@@H]3OC(C)(C)O[C@@H]3[C@H]2OCc2ccccc2)[C@@H](Br)[N+](=O)[O-])cc1. The monoisotopic (exact) mass is 522 g/mol. The number of alkyl halides is 1. The van der Waals surface area contributed by atoms with E-state index in [0.717, 1.165) is 5.56 Å². The van der Waals surface area contributed by atoms with Gasteiger partial charge in [-0.15, -0.1) is 0 Å². The lowest BCUT2D eigenvalue weighted by Gasteiger charge is -2.31. The molecule has 2 heterocycles. The van der Waals surface area contributed by atoms with Crippen molar-refractivity contribution in [2.75, 3.05) is 12.4 Å². The number of rotatable bonds is 9. The number of benzene rings is 2. The molecule has 178 valence electrons. The Morgan fingerprint density at radius 3 is 2.48 bits per heavy atom. The molecule has 0 aliphatic carbocycles. The minimum absolute atomic E-state index is 0.305. The first-order chi connectivity index (χ1) is 15.8. The van der Waals surface area contributed by atoms with E-state index < -0.39 is 46.3 Å². The van der Waals surface area contributed by atoms with E-state index in [4.69, 9.17) is 23.7 Å². The predicted octanol–water partition coefficient (Wildman–Crippen LogP) is 3.94. The van der Waals surface area contributed by atoms with Crippen LogP contribution in [-0.2, 0) is 25.6 Å². The van der Waals surface area contributed by atoms with Gasteiger partial charge in [0.05, 0.1) is 13.7 Å². The van der Waals surface area contributed by atoms with Crippen molar-refractivity contribution in [1.29, 1.82) is 0 Å². The summed E-state index contributed by atoms with van der Waals surface area (Å²) < 4.78 is 29.6. The van der Waals surface area contributed by atoms with Crippen LogP contribution < -0.4 is 10.1 Å². The first kappa shape index (κ1) is 23.9. The summed E-state index contributed by atoms with van der Waals surface area (Å²) in [5, 5.41) is 15.0. The van der Waals surface area contributed by atoms with Crippen molar-refractivity contribution in [2.45, 2.75) is 61.8 Å². The number of halogens is 1. The van der Waals surface area contributed by atoms with Gasteiger partial charge in [-0.1, -0.05) is 30.3 Å². The van der Waals surface area contributed by atoms with E-state index in [0.29, 0.717) is 18.0 Å². The normalized spacial score (nSPS) is 27.5. The zero-order chi connectivity index (χ0) is 23.6. The third kappa shape index (κ3) is 5.47. The summed E-state index contributed by atoms with van der Waals surface area (Å²) in [5.41, 5.74) is 1.65. The van der Waals surface area contributed by atoms with Gasteiger partial charge in [0.15, 0.2) is 12.1 Å². The molecular formula is C23H27BrN2O7. The smallest absolute Gasteiger partial charge is 0.288 e. The fraction of sp³-hybridized carbons (Fsp3) is 0.478. The van der Waals surface area contributed by atoms with E-state index in [1.54, 1.807) is 45.2 Å². The van der Waals surface area contributed by atoms with Gasteiger partial charge >= 0.3 is 0 Å². The first-order valence-corrected chi connectivity index (χ1v) is 11.5. The Hall–Kier alpha value is -2.24. The highest BCUT2D eigenvalue weighted by atomic mass is 79.9. The summed E-state index contributed by atoms with van der Waals surface area (Å²) in [4.78, 5) is 10.2. The van der Waals surface area contributed by atoms with Gasteiger partial charge in [-0.3, -0.25) is 10.1 Å². The maximum absolute atomic E-state index is 11.8. The lowest BCUT2D eigenvalue weighted by atomic mass is 10.0. The molecule has 4 rings (SSSR count). The largest absolute Gasteiger partial charge is 0.497 e. The number of methoxy groups -OCH3 is 1. The molecule has 2 aliphatic rings. The van der Waals surface area contributed by atoms with Gasteiger partial charge in [0.25, 0.3) is 4.95 Å². The molecule has 0 radical (unpaired) electrons. The molecule has 0 amide bonds. The van der Waals surface area contributed by atoms with Crippen LogP contribution in [0.15, 0.2) is 54.6 Å². The van der Waals surface area contributed by atoms with Gasteiger partial charge in [0, 0.05) is 10.6 Å². The van der Waals surface area contributed by atoms with E-state index in [1.165, 1.54) is 0 Å². The fourth-order valence-corrected chi connectivity index (χ4v) is 4.50. The summed E-state index contributed by atoms with van der Waals surface area (Å²) in [6.07, 6.45) is -2.55. The molecule has 9 nitrogen and oxygen atoms in total. The number of anilines is 1. The molecule has 0 aromatic heterocycles. The third-order valence-corrected chi connectivity index (χ3v) is 6.49. The molecule has 0 unspecified atom stereocenters. The second kappa shape index (κ2) is 9.94. The minimum Gasteiger partial charge on any atom is -0.497 e. The van der Waals surface area contributed by atoms with Crippen molar-refractivity contribution in [3.05, 3.63) is 70.3 Å². The Labute approximate surface area is 200 Å². The second-order valence-corrected chi connectivity index (χ2v) is 9.33. The van der Waals surface area contributed by atoms with Gasteiger partial charge in [0.1, 0.15) is 30.1 Å². The van der Waals surface area contributed by atoms with Crippen molar-refractivity contribution in [3.8, 4) is 5.75 Å². The lowest BCUT2D eigenvalue weighted by molar-refractivity contribution is -0.497. The van der Waals surface area contributed by atoms with Gasteiger partial charge in [-0.25, -0.2) is 0 Å². The summed E-state index contributed by atoms with van der Waals surface area (Å²) >= 11 is 3.23. The first-order valence-electron chi connectivity index (χ1n) is 10.6. The molecular weight excluding hydrogens is 496 g/mol. The van der Waals surface area contributed by atoms with Crippen LogP contribution in [0.5, 0.6) is 5.75 Å². The maximum atomic E-state index is 11.8. The van der Waals surface area contributed by atoms with Gasteiger partial charge < -0.3 is 29.0 Å². The Morgan fingerprint density at radius 1 is 1.15 bits per heavy atom. The molecule has 0 saturated carbocycles. The van der Waals surface area contributed by atoms with E-state index in [-0.39, 0.29) is 0 Å². The van der Waals surface area contributed by atoms with Gasteiger partial charge in [0.2, 0.25) is 0 Å². The Bertz CT molecular complexity index is 944. The number of nitrogens with zero attached hydrogens (tertiary/aromatic N) is 1. The molecule has 2 aliphatic heterocycles. The van der Waals surface area contributed by atoms with E-state index >= 15 is 0 Å². The van der Waals surface area contributed by atoms with Crippen molar-refractivity contribution in [1.82, 2.24) is 0 Å². The summed E-state index contributed by atoms with van der Waals surface area (Å²) in [7, 11) is 1.58. The quantitative estimate of drug-likeness (QED) is 0.228. The fourth-order valence-electron chi connectivity index (χ4n) is 4.07.